The molecule has 1 fully saturated rings. The summed E-state index contributed by atoms with van der Waals surface area (Å²) in [5, 5.41) is 2.92. The van der Waals surface area contributed by atoms with Crippen LogP contribution < -0.4 is 15.0 Å². The van der Waals surface area contributed by atoms with Crippen molar-refractivity contribution in [3.8, 4) is 5.75 Å². The molecular formula is C17H23N3O4. The zero-order valence-corrected chi connectivity index (χ0v) is 14.1. The van der Waals surface area contributed by atoms with Crippen molar-refractivity contribution in [3.63, 3.8) is 0 Å². The first-order valence-corrected chi connectivity index (χ1v) is 8.29. The molecule has 0 bridgehead atoms. The molecule has 0 radical (unpaired) electrons. The van der Waals surface area contributed by atoms with Crippen LogP contribution in [0.2, 0.25) is 0 Å². The number of amides is 3. The van der Waals surface area contributed by atoms with Crippen molar-refractivity contribution < 1.29 is 19.1 Å². The summed E-state index contributed by atoms with van der Waals surface area (Å²) < 4.78 is 10.9. The highest BCUT2D eigenvalue weighted by molar-refractivity contribution is 5.98. The Morgan fingerprint density at radius 2 is 2.25 bits per heavy atom. The molecule has 2 aliphatic heterocycles. The van der Waals surface area contributed by atoms with Crippen LogP contribution in [0.5, 0.6) is 5.75 Å². The van der Waals surface area contributed by atoms with Crippen LogP contribution in [0.3, 0.4) is 0 Å². The van der Waals surface area contributed by atoms with Gasteiger partial charge in [-0.1, -0.05) is 13.3 Å². The van der Waals surface area contributed by atoms with E-state index >= 15 is 0 Å². The van der Waals surface area contributed by atoms with E-state index in [2.05, 4.69) is 12.2 Å². The highest BCUT2D eigenvalue weighted by Gasteiger charge is 2.27. The molecule has 2 aliphatic rings. The van der Waals surface area contributed by atoms with Crippen LogP contribution in [-0.2, 0) is 9.53 Å². The van der Waals surface area contributed by atoms with Gasteiger partial charge in [0.15, 0.2) is 6.61 Å². The van der Waals surface area contributed by atoms with E-state index in [0.29, 0.717) is 36.9 Å². The van der Waals surface area contributed by atoms with E-state index in [1.807, 2.05) is 4.90 Å². The molecule has 0 saturated carbocycles. The van der Waals surface area contributed by atoms with Crippen molar-refractivity contribution in [2.45, 2.75) is 25.8 Å². The first kappa shape index (κ1) is 16.6. The van der Waals surface area contributed by atoms with Gasteiger partial charge in [0.05, 0.1) is 24.9 Å². The lowest BCUT2D eigenvalue weighted by Crippen LogP contribution is -2.50. The van der Waals surface area contributed by atoms with E-state index in [4.69, 9.17) is 9.47 Å². The molecular weight excluding hydrogens is 310 g/mol. The van der Waals surface area contributed by atoms with E-state index in [-0.39, 0.29) is 24.6 Å². The average Bonchev–Trinajstić information content (AvgIpc) is 2.59. The minimum absolute atomic E-state index is 0.0168. The third-order valence-corrected chi connectivity index (χ3v) is 4.41. The molecule has 0 unspecified atom stereocenters. The molecule has 0 spiro atoms. The van der Waals surface area contributed by atoms with E-state index in [9.17, 15) is 9.59 Å². The molecule has 1 aromatic carbocycles. The Morgan fingerprint density at radius 1 is 1.42 bits per heavy atom. The van der Waals surface area contributed by atoms with Gasteiger partial charge >= 0.3 is 6.03 Å². The number of benzene rings is 1. The zero-order valence-electron chi connectivity index (χ0n) is 14.1. The van der Waals surface area contributed by atoms with Gasteiger partial charge in [-0.15, -0.1) is 0 Å². The summed E-state index contributed by atoms with van der Waals surface area (Å²) in [5.74, 6) is 0.511. The summed E-state index contributed by atoms with van der Waals surface area (Å²) in [6, 6.07) is 5.30. The monoisotopic (exact) mass is 333 g/mol. The van der Waals surface area contributed by atoms with Crippen LogP contribution >= 0.6 is 0 Å². The van der Waals surface area contributed by atoms with E-state index in [1.165, 1.54) is 0 Å². The van der Waals surface area contributed by atoms with Crippen molar-refractivity contribution in [1.29, 1.82) is 0 Å². The summed E-state index contributed by atoms with van der Waals surface area (Å²) in [7, 11) is 1.71. The van der Waals surface area contributed by atoms with Gasteiger partial charge in [-0.2, -0.15) is 0 Å². The number of likely N-dealkylation sites (N-methyl/N-ethyl adjacent to an activating group) is 1. The van der Waals surface area contributed by atoms with Crippen molar-refractivity contribution in [2.24, 2.45) is 0 Å². The Hall–Kier alpha value is -2.28. The molecule has 24 heavy (non-hydrogen) atoms. The number of anilines is 2. The lowest BCUT2D eigenvalue weighted by Gasteiger charge is -2.35. The smallest absolute Gasteiger partial charge is 0.322 e. The number of rotatable bonds is 3. The zero-order chi connectivity index (χ0) is 17.1. The number of carbonyl (C=O) groups excluding carboxylic acids is 2. The minimum atomic E-state index is -0.128. The number of hydrogen-bond donors (Lipinski definition) is 1. The Bertz CT molecular complexity index is 632. The Morgan fingerprint density at radius 3 is 3.04 bits per heavy atom. The highest BCUT2D eigenvalue weighted by atomic mass is 16.5. The topological polar surface area (TPSA) is 71.1 Å². The maximum atomic E-state index is 12.6. The number of nitrogens with one attached hydrogen (secondary N) is 1. The molecule has 7 nitrogen and oxygen atoms in total. The maximum Gasteiger partial charge on any atom is 0.322 e. The van der Waals surface area contributed by atoms with Gasteiger partial charge in [0, 0.05) is 25.3 Å². The molecule has 0 aliphatic carbocycles. The number of carbonyl (C=O) groups is 2. The standard InChI is InChI=1S/C17H23N3O4/c1-3-4-13-10-23-8-7-20(13)17(22)18-12-5-6-14-15(9-12)24-11-16(21)19(14)2/h5-6,9,13H,3-4,7-8,10-11H2,1-2H3,(H,18,22)/t13-/m1/s1. The van der Waals surface area contributed by atoms with E-state index in [1.54, 1.807) is 30.1 Å². The lowest BCUT2D eigenvalue weighted by atomic mass is 10.1. The largest absolute Gasteiger partial charge is 0.481 e. The summed E-state index contributed by atoms with van der Waals surface area (Å²) in [6.07, 6.45) is 1.93. The second-order valence-corrected chi connectivity index (χ2v) is 6.06. The third-order valence-electron chi connectivity index (χ3n) is 4.41. The molecule has 2 heterocycles. The average molecular weight is 333 g/mol. The molecule has 0 aromatic heterocycles. The van der Waals surface area contributed by atoms with Gasteiger partial charge in [-0.05, 0) is 18.6 Å². The molecule has 130 valence electrons. The Labute approximate surface area is 141 Å². The van der Waals surface area contributed by atoms with Crippen molar-refractivity contribution in [1.82, 2.24) is 4.90 Å². The summed E-state index contributed by atoms with van der Waals surface area (Å²) in [6.45, 7) is 3.86. The van der Waals surface area contributed by atoms with Crippen molar-refractivity contribution in [2.75, 3.05) is 43.6 Å². The molecule has 1 N–H and O–H groups in total. The summed E-state index contributed by atoms with van der Waals surface area (Å²) >= 11 is 0. The number of ether oxygens (including phenoxy) is 2. The van der Waals surface area contributed by atoms with Gasteiger partial charge in [0.25, 0.3) is 5.91 Å². The van der Waals surface area contributed by atoms with Crippen LogP contribution in [0.15, 0.2) is 18.2 Å². The normalized spacial score (nSPS) is 20.4. The fourth-order valence-corrected chi connectivity index (χ4v) is 3.05. The van der Waals surface area contributed by atoms with Crippen LogP contribution in [0.1, 0.15) is 19.8 Å². The van der Waals surface area contributed by atoms with Gasteiger partial charge in [-0.25, -0.2) is 4.79 Å². The first-order chi connectivity index (χ1) is 11.6. The molecule has 1 saturated heterocycles. The fourth-order valence-electron chi connectivity index (χ4n) is 3.05. The van der Waals surface area contributed by atoms with Gasteiger partial charge in [-0.3, -0.25) is 4.79 Å². The number of hydrogen-bond acceptors (Lipinski definition) is 4. The molecule has 1 atom stereocenters. The highest BCUT2D eigenvalue weighted by Crippen LogP contribution is 2.33. The van der Waals surface area contributed by atoms with Crippen LogP contribution in [0.25, 0.3) is 0 Å². The third kappa shape index (κ3) is 3.31. The lowest BCUT2D eigenvalue weighted by molar-refractivity contribution is -0.120. The van der Waals surface area contributed by atoms with Crippen molar-refractivity contribution in [3.05, 3.63) is 18.2 Å². The number of morpholine rings is 1. The molecule has 3 rings (SSSR count). The van der Waals surface area contributed by atoms with Gasteiger partial charge in [0.2, 0.25) is 0 Å². The Balaban J connectivity index is 1.71. The fraction of sp³-hybridized carbons (Fsp3) is 0.529. The quantitative estimate of drug-likeness (QED) is 0.919. The summed E-state index contributed by atoms with van der Waals surface area (Å²) in [4.78, 5) is 27.6. The Kier molecular flexibility index (Phi) is 4.89. The van der Waals surface area contributed by atoms with Crippen LogP contribution in [0, 0.1) is 0 Å². The predicted octanol–water partition coefficient (Wildman–Crippen LogP) is 2.07. The predicted molar refractivity (Wildman–Crippen MR) is 90.6 cm³/mol. The second kappa shape index (κ2) is 7.09. The second-order valence-electron chi connectivity index (χ2n) is 6.06. The van der Waals surface area contributed by atoms with E-state index in [0.717, 1.165) is 12.8 Å². The van der Waals surface area contributed by atoms with Gasteiger partial charge < -0.3 is 24.6 Å². The summed E-state index contributed by atoms with van der Waals surface area (Å²) in [5.41, 5.74) is 1.36. The minimum Gasteiger partial charge on any atom is -0.481 e. The van der Waals surface area contributed by atoms with Crippen LogP contribution in [0.4, 0.5) is 16.2 Å². The number of urea groups is 1. The molecule has 3 amide bonds. The van der Waals surface area contributed by atoms with Gasteiger partial charge in [0.1, 0.15) is 5.75 Å². The van der Waals surface area contributed by atoms with E-state index < -0.39 is 0 Å². The number of nitrogens with zero attached hydrogens (tertiary/aromatic N) is 2. The maximum absolute atomic E-state index is 12.6. The van der Waals surface area contributed by atoms with Crippen molar-refractivity contribution >= 4 is 23.3 Å². The number of fused-ring (bicyclic) bond motifs is 1. The SMILES string of the molecule is CCC[C@@H]1COCCN1C(=O)Nc1ccc2c(c1)OCC(=O)N2C. The molecule has 7 heteroatoms. The first-order valence-electron chi connectivity index (χ1n) is 8.29. The molecule has 1 aromatic rings. The van der Waals surface area contributed by atoms with Crippen LogP contribution in [-0.4, -0.2) is 56.3 Å².